The smallest absolute Gasteiger partial charge is 0.254 e. The van der Waals surface area contributed by atoms with Crippen LogP contribution in [0.5, 0.6) is 0 Å². The molecule has 5 rings (SSSR count). The Hall–Kier alpha value is -3.11. The maximum absolute atomic E-state index is 13.6. The highest BCUT2D eigenvalue weighted by Crippen LogP contribution is 2.27. The summed E-state index contributed by atoms with van der Waals surface area (Å²) in [6.45, 7) is 2.24. The summed E-state index contributed by atoms with van der Waals surface area (Å²) < 4.78 is 28.5. The molecule has 40 heavy (non-hydrogen) atoms. The summed E-state index contributed by atoms with van der Waals surface area (Å²) in [4.78, 5) is 30.6. The number of anilines is 2. The van der Waals surface area contributed by atoms with Crippen molar-refractivity contribution in [3.05, 3.63) is 88.4 Å². The number of hydrogen-bond acceptors (Lipinski definition) is 5. The maximum Gasteiger partial charge on any atom is 0.254 e. The van der Waals surface area contributed by atoms with Crippen LogP contribution in [0.1, 0.15) is 29.6 Å². The van der Waals surface area contributed by atoms with Crippen LogP contribution >= 0.6 is 23.2 Å². The van der Waals surface area contributed by atoms with Gasteiger partial charge in [-0.2, -0.15) is 4.31 Å². The van der Waals surface area contributed by atoms with Gasteiger partial charge in [0.15, 0.2) is 0 Å². The third-order valence-corrected chi connectivity index (χ3v) is 9.97. The number of piperazine rings is 1. The van der Waals surface area contributed by atoms with Gasteiger partial charge in [-0.15, -0.1) is 0 Å². The standard InChI is InChI=1S/C29H30Cl2N4O4S/c30-25-13-12-22(20-26(25)31)32-28(36)27-11-4-5-14-35(27)29(37)21-7-6-10-24(19-21)40(38,39)34-17-15-33(16-18-34)23-8-2-1-3-9-23/h1-3,6-10,12-13,19-20,27H,4-5,11,14-18H2,(H,32,36). The van der Waals surface area contributed by atoms with E-state index in [1.165, 1.54) is 21.3 Å². The molecule has 2 aliphatic heterocycles. The lowest BCUT2D eigenvalue weighted by Gasteiger charge is -2.36. The molecular formula is C29H30Cl2N4O4S. The lowest BCUT2D eigenvalue weighted by molar-refractivity contribution is -0.121. The number of nitrogens with zero attached hydrogens (tertiary/aromatic N) is 3. The normalized spacial score (nSPS) is 18.4. The molecule has 1 atom stereocenters. The molecule has 0 bridgehead atoms. The number of likely N-dealkylation sites (tertiary alicyclic amines) is 1. The number of amides is 2. The van der Waals surface area contributed by atoms with Crippen molar-refractivity contribution >= 4 is 56.4 Å². The maximum atomic E-state index is 13.6. The van der Waals surface area contributed by atoms with Gasteiger partial charge in [0.05, 0.1) is 14.9 Å². The van der Waals surface area contributed by atoms with Crippen LogP contribution in [0, 0.1) is 0 Å². The zero-order valence-electron chi connectivity index (χ0n) is 21.8. The SMILES string of the molecule is O=C(Nc1ccc(Cl)c(Cl)c1)C1CCCCN1C(=O)c1cccc(S(=O)(=O)N2CCN(c3ccccc3)CC2)c1. The minimum Gasteiger partial charge on any atom is -0.369 e. The van der Waals surface area contributed by atoms with Gasteiger partial charge in [-0.1, -0.05) is 47.5 Å². The van der Waals surface area contributed by atoms with Crippen LogP contribution in [-0.4, -0.2) is 68.2 Å². The summed E-state index contributed by atoms with van der Waals surface area (Å²) in [7, 11) is -3.80. The van der Waals surface area contributed by atoms with E-state index in [9.17, 15) is 18.0 Å². The molecule has 210 valence electrons. The van der Waals surface area contributed by atoms with Crippen molar-refractivity contribution in [3.8, 4) is 0 Å². The van der Waals surface area contributed by atoms with Gasteiger partial charge in [0.2, 0.25) is 15.9 Å². The first-order chi connectivity index (χ1) is 19.2. The average molecular weight is 602 g/mol. The van der Waals surface area contributed by atoms with Crippen molar-refractivity contribution in [3.63, 3.8) is 0 Å². The molecule has 2 saturated heterocycles. The zero-order chi connectivity index (χ0) is 28.3. The molecule has 1 N–H and O–H groups in total. The van der Waals surface area contributed by atoms with E-state index in [-0.39, 0.29) is 22.3 Å². The van der Waals surface area contributed by atoms with Crippen molar-refractivity contribution in [1.82, 2.24) is 9.21 Å². The Labute approximate surface area is 244 Å². The van der Waals surface area contributed by atoms with Gasteiger partial charge in [0.1, 0.15) is 6.04 Å². The van der Waals surface area contributed by atoms with Gasteiger partial charge < -0.3 is 15.1 Å². The monoisotopic (exact) mass is 600 g/mol. The molecular weight excluding hydrogens is 571 g/mol. The number of para-hydroxylation sites is 1. The number of sulfonamides is 1. The molecule has 0 aliphatic carbocycles. The molecule has 0 radical (unpaired) electrons. The molecule has 8 nitrogen and oxygen atoms in total. The van der Waals surface area contributed by atoms with Gasteiger partial charge in [0.25, 0.3) is 5.91 Å². The molecule has 0 spiro atoms. The average Bonchev–Trinajstić information content (AvgIpc) is 2.99. The molecule has 2 aliphatic rings. The molecule has 3 aromatic carbocycles. The number of piperidine rings is 1. The Morgan fingerprint density at radius 2 is 1.55 bits per heavy atom. The van der Waals surface area contributed by atoms with Crippen molar-refractivity contribution in [1.29, 1.82) is 0 Å². The fourth-order valence-corrected chi connectivity index (χ4v) is 6.94. The fourth-order valence-electron chi connectivity index (χ4n) is 5.18. The first-order valence-corrected chi connectivity index (χ1v) is 15.4. The second-order valence-electron chi connectivity index (χ2n) is 9.88. The first-order valence-electron chi connectivity index (χ1n) is 13.2. The number of carbonyl (C=O) groups is 2. The molecule has 2 fully saturated rings. The number of rotatable bonds is 6. The summed E-state index contributed by atoms with van der Waals surface area (Å²) >= 11 is 12.1. The van der Waals surface area contributed by atoms with Crippen molar-refractivity contribution in [2.75, 3.05) is 42.9 Å². The molecule has 2 heterocycles. The number of halogens is 2. The third-order valence-electron chi connectivity index (χ3n) is 7.33. The molecule has 0 saturated carbocycles. The largest absolute Gasteiger partial charge is 0.369 e. The molecule has 0 aromatic heterocycles. The Kier molecular flexibility index (Phi) is 8.65. The van der Waals surface area contributed by atoms with Gasteiger partial charge >= 0.3 is 0 Å². The summed E-state index contributed by atoms with van der Waals surface area (Å²) in [5.41, 5.74) is 1.78. The van der Waals surface area contributed by atoms with E-state index in [0.717, 1.165) is 18.5 Å². The van der Waals surface area contributed by atoms with E-state index in [0.29, 0.717) is 54.9 Å². The zero-order valence-corrected chi connectivity index (χ0v) is 24.1. The van der Waals surface area contributed by atoms with Gasteiger partial charge in [0, 0.05) is 49.7 Å². The summed E-state index contributed by atoms with van der Waals surface area (Å²) in [6.07, 6.45) is 2.06. The van der Waals surface area contributed by atoms with Crippen LogP contribution in [0.2, 0.25) is 10.0 Å². The number of carbonyl (C=O) groups excluding carboxylic acids is 2. The second-order valence-corrected chi connectivity index (χ2v) is 12.6. The van der Waals surface area contributed by atoms with E-state index in [2.05, 4.69) is 10.2 Å². The quantitative estimate of drug-likeness (QED) is 0.423. The highest BCUT2D eigenvalue weighted by Gasteiger charge is 2.34. The van der Waals surface area contributed by atoms with E-state index in [1.807, 2.05) is 30.3 Å². The molecule has 3 aromatic rings. The Morgan fingerprint density at radius 1 is 0.800 bits per heavy atom. The molecule has 1 unspecified atom stereocenters. The van der Waals surface area contributed by atoms with E-state index in [1.54, 1.807) is 30.3 Å². The van der Waals surface area contributed by atoms with Crippen molar-refractivity contribution < 1.29 is 18.0 Å². The molecule has 2 amide bonds. The first kappa shape index (κ1) is 28.4. The number of nitrogens with one attached hydrogen (secondary N) is 1. The predicted octanol–water partition coefficient (Wildman–Crippen LogP) is 5.14. The minimum absolute atomic E-state index is 0.0697. The highest BCUT2D eigenvalue weighted by atomic mass is 35.5. The lowest BCUT2D eigenvalue weighted by Crippen LogP contribution is -2.50. The predicted molar refractivity (Wildman–Crippen MR) is 158 cm³/mol. The van der Waals surface area contributed by atoms with Crippen LogP contribution in [0.15, 0.2) is 77.7 Å². The van der Waals surface area contributed by atoms with Gasteiger partial charge in [-0.3, -0.25) is 9.59 Å². The van der Waals surface area contributed by atoms with E-state index < -0.39 is 16.1 Å². The highest BCUT2D eigenvalue weighted by molar-refractivity contribution is 7.89. The van der Waals surface area contributed by atoms with Crippen molar-refractivity contribution in [2.24, 2.45) is 0 Å². The fraction of sp³-hybridized carbons (Fsp3) is 0.310. The van der Waals surface area contributed by atoms with Crippen LogP contribution in [0.25, 0.3) is 0 Å². The van der Waals surface area contributed by atoms with Crippen LogP contribution in [-0.2, 0) is 14.8 Å². The van der Waals surface area contributed by atoms with Crippen LogP contribution < -0.4 is 10.2 Å². The third kappa shape index (κ3) is 6.12. The summed E-state index contributed by atoms with van der Waals surface area (Å²) in [6, 6.07) is 20.1. The Bertz CT molecular complexity index is 1490. The lowest BCUT2D eigenvalue weighted by atomic mass is 10.00. The van der Waals surface area contributed by atoms with E-state index in [4.69, 9.17) is 23.2 Å². The molecule has 11 heteroatoms. The van der Waals surface area contributed by atoms with Crippen LogP contribution in [0.4, 0.5) is 11.4 Å². The van der Waals surface area contributed by atoms with E-state index >= 15 is 0 Å². The topological polar surface area (TPSA) is 90.0 Å². The Morgan fingerprint density at radius 3 is 2.27 bits per heavy atom. The summed E-state index contributed by atoms with van der Waals surface area (Å²) in [5.74, 6) is -0.702. The van der Waals surface area contributed by atoms with Gasteiger partial charge in [-0.05, 0) is 67.8 Å². The van der Waals surface area contributed by atoms with Crippen LogP contribution in [0.3, 0.4) is 0 Å². The number of benzene rings is 3. The second kappa shape index (κ2) is 12.2. The van der Waals surface area contributed by atoms with Crippen molar-refractivity contribution in [2.45, 2.75) is 30.2 Å². The summed E-state index contributed by atoms with van der Waals surface area (Å²) in [5, 5.41) is 3.52. The number of hydrogen-bond donors (Lipinski definition) is 1. The Balaban J connectivity index is 1.29. The minimum atomic E-state index is -3.80. The van der Waals surface area contributed by atoms with Gasteiger partial charge in [-0.25, -0.2) is 8.42 Å².